The van der Waals surface area contributed by atoms with Crippen LogP contribution in [-0.4, -0.2) is 47.1 Å². The Morgan fingerprint density at radius 1 is 1.30 bits per heavy atom. The molecule has 0 aromatic rings. The maximum atomic E-state index is 13.1. The molecule has 154 valence electrons. The number of amides is 3. The van der Waals surface area contributed by atoms with Gasteiger partial charge in [-0.1, -0.05) is 41.5 Å². The van der Waals surface area contributed by atoms with Gasteiger partial charge in [0.1, 0.15) is 11.8 Å². The summed E-state index contributed by atoms with van der Waals surface area (Å²) in [4.78, 5) is 38.0. The van der Waals surface area contributed by atoms with E-state index in [1.807, 2.05) is 20.8 Å². The Kier molecular flexibility index (Phi) is 7.87. The first-order chi connectivity index (χ1) is 12.4. The standard InChI is InChI=1S/C20H34N2O5/c1-12(2)8-15-16(27-7)10-17(23)22(15)18(24)14(21-19(25)26)9-13(3)11-20(4,5)6/h10,12-15,21H,8-9,11H2,1-7H3,(H,25,26)/t13-,14?,15+/m1/s1. The largest absolute Gasteiger partial charge is 0.499 e. The van der Waals surface area contributed by atoms with Gasteiger partial charge in [0.25, 0.3) is 11.8 Å². The van der Waals surface area contributed by atoms with Crippen LogP contribution in [0.2, 0.25) is 0 Å². The molecule has 0 radical (unpaired) electrons. The van der Waals surface area contributed by atoms with Crippen LogP contribution in [0.15, 0.2) is 11.8 Å². The normalized spacial score (nSPS) is 19.7. The Hall–Kier alpha value is -2.05. The summed E-state index contributed by atoms with van der Waals surface area (Å²) in [5.41, 5.74) is 0.0602. The maximum Gasteiger partial charge on any atom is 0.405 e. The first-order valence-electron chi connectivity index (χ1n) is 9.47. The molecule has 1 aliphatic rings. The summed E-state index contributed by atoms with van der Waals surface area (Å²) >= 11 is 0. The van der Waals surface area contributed by atoms with Gasteiger partial charge in [0.15, 0.2) is 0 Å². The van der Waals surface area contributed by atoms with Gasteiger partial charge >= 0.3 is 6.09 Å². The van der Waals surface area contributed by atoms with Gasteiger partial charge in [0.05, 0.1) is 13.2 Å². The molecule has 0 spiro atoms. The van der Waals surface area contributed by atoms with Crippen LogP contribution < -0.4 is 5.32 Å². The van der Waals surface area contributed by atoms with E-state index in [-0.39, 0.29) is 17.3 Å². The van der Waals surface area contributed by atoms with Crippen LogP contribution in [0.25, 0.3) is 0 Å². The van der Waals surface area contributed by atoms with E-state index in [1.165, 1.54) is 13.2 Å². The van der Waals surface area contributed by atoms with Gasteiger partial charge in [0.2, 0.25) is 0 Å². The third-order valence-electron chi connectivity index (χ3n) is 4.51. The highest BCUT2D eigenvalue weighted by Crippen LogP contribution is 2.30. The molecule has 1 rings (SSSR count). The highest BCUT2D eigenvalue weighted by atomic mass is 16.5. The minimum atomic E-state index is -1.27. The monoisotopic (exact) mass is 382 g/mol. The molecule has 2 N–H and O–H groups in total. The number of hydrogen-bond acceptors (Lipinski definition) is 4. The van der Waals surface area contributed by atoms with Crippen molar-refractivity contribution >= 4 is 17.9 Å². The number of ether oxygens (including phenoxy) is 1. The fraction of sp³-hybridized carbons (Fsp3) is 0.750. The predicted molar refractivity (Wildman–Crippen MR) is 103 cm³/mol. The molecule has 3 atom stereocenters. The first-order valence-corrected chi connectivity index (χ1v) is 9.47. The van der Waals surface area contributed by atoms with E-state index in [9.17, 15) is 19.5 Å². The molecule has 0 saturated heterocycles. The van der Waals surface area contributed by atoms with E-state index in [0.717, 1.165) is 11.3 Å². The molecule has 3 amide bonds. The lowest BCUT2D eigenvalue weighted by Crippen LogP contribution is -2.52. The Balaban J connectivity index is 3.05. The molecule has 1 unspecified atom stereocenters. The molecule has 0 aliphatic carbocycles. The number of imide groups is 1. The number of carbonyl (C=O) groups is 3. The molecule has 0 bridgehead atoms. The Labute approximate surface area is 162 Å². The summed E-state index contributed by atoms with van der Waals surface area (Å²) in [6, 6.07) is -1.46. The topological polar surface area (TPSA) is 95.9 Å². The third-order valence-corrected chi connectivity index (χ3v) is 4.51. The Bertz CT molecular complexity index is 592. The molecule has 7 heteroatoms. The predicted octanol–water partition coefficient (Wildman–Crippen LogP) is 3.40. The van der Waals surface area contributed by atoms with Crippen molar-refractivity contribution in [2.45, 2.75) is 72.9 Å². The second-order valence-corrected chi connectivity index (χ2v) is 9.05. The van der Waals surface area contributed by atoms with Crippen molar-refractivity contribution in [3.63, 3.8) is 0 Å². The number of carbonyl (C=O) groups excluding carboxylic acids is 2. The first kappa shape index (κ1) is 23.0. The van der Waals surface area contributed by atoms with Gasteiger partial charge in [-0.3, -0.25) is 14.5 Å². The lowest BCUT2D eigenvalue weighted by molar-refractivity contribution is -0.145. The van der Waals surface area contributed by atoms with E-state index in [0.29, 0.717) is 18.6 Å². The number of rotatable bonds is 8. The number of methoxy groups -OCH3 is 1. The van der Waals surface area contributed by atoms with Crippen LogP contribution in [0.3, 0.4) is 0 Å². The lowest BCUT2D eigenvalue weighted by Gasteiger charge is -2.31. The molecule has 7 nitrogen and oxygen atoms in total. The summed E-state index contributed by atoms with van der Waals surface area (Å²) < 4.78 is 5.29. The van der Waals surface area contributed by atoms with Crippen molar-refractivity contribution in [1.29, 1.82) is 0 Å². The molecule has 0 aromatic carbocycles. The molecule has 0 aromatic heterocycles. The van der Waals surface area contributed by atoms with E-state index >= 15 is 0 Å². The van der Waals surface area contributed by atoms with Crippen molar-refractivity contribution in [2.75, 3.05) is 7.11 Å². The van der Waals surface area contributed by atoms with Crippen LogP contribution in [0, 0.1) is 17.3 Å². The SMILES string of the molecule is COC1=CC(=O)N(C(=O)C(C[C@@H](C)CC(C)(C)C)NC(=O)O)[C@H]1CC(C)C. The summed E-state index contributed by atoms with van der Waals surface area (Å²) in [7, 11) is 1.47. The highest BCUT2D eigenvalue weighted by Gasteiger charge is 2.41. The van der Waals surface area contributed by atoms with Gasteiger partial charge in [-0.25, -0.2) is 4.79 Å². The van der Waals surface area contributed by atoms with Gasteiger partial charge in [-0.2, -0.15) is 0 Å². The van der Waals surface area contributed by atoms with Crippen LogP contribution in [0.1, 0.15) is 60.8 Å². The number of hydrogen-bond donors (Lipinski definition) is 2. The second-order valence-electron chi connectivity index (χ2n) is 9.05. The van der Waals surface area contributed by atoms with Crippen molar-refractivity contribution in [1.82, 2.24) is 10.2 Å². The summed E-state index contributed by atoms with van der Waals surface area (Å²) in [6.07, 6.45) is 1.78. The molecule has 1 heterocycles. The van der Waals surface area contributed by atoms with Crippen molar-refractivity contribution in [3.05, 3.63) is 11.8 Å². The quantitative estimate of drug-likeness (QED) is 0.671. The molecule has 27 heavy (non-hydrogen) atoms. The molecule has 0 fully saturated rings. The van der Waals surface area contributed by atoms with E-state index in [1.54, 1.807) is 0 Å². The summed E-state index contributed by atoms with van der Waals surface area (Å²) in [6.45, 7) is 12.3. The minimum absolute atomic E-state index is 0.0602. The Morgan fingerprint density at radius 3 is 2.33 bits per heavy atom. The number of carboxylic acid groups (broad SMARTS) is 1. The fourth-order valence-corrected chi connectivity index (χ4v) is 3.76. The van der Waals surface area contributed by atoms with Gasteiger partial charge in [-0.05, 0) is 36.5 Å². The van der Waals surface area contributed by atoms with Crippen molar-refractivity contribution in [3.8, 4) is 0 Å². The van der Waals surface area contributed by atoms with Crippen molar-refractivity contribution in [2.24, 2.45) is 17.3 Å². The molecule has 0 saturated carbocycles. The molecule has 1 aliphatic heterocycles. The van der Waals surface area contributed by atoms with E-state index in [4.69, 9.17) is 4.74 Å². The van der Waals surface area contributed by atoms with Gasteiger partial charge in [-0.15, -0.1) is 0 Å². The van der Waals surface area contributed by atoms with E-state index < -0.39 is 30.0 Å². The molecular formula is C20H34N2O5. The van der Waals surface area contributed by atoms with Gasteiger partial charge in [0, 0.05) is 6.08 Å². The maximum absolute atomic E-state index is 13.1. The summed E-state index contributed by atoms with van der Waals surface area (Å²) in [5, 5.41) is 11.5. The average molecular weight is 383 g/mol. The minimum Gasteiger partial charge on any atom is -0.499 e. The third kappa shape index (κ3) is 6.88. The average Bonchev–Trinajstić information content (AvgIpc) is 2.78. The lowest BCUT2D eigenvalue weighted by atomic mass is 9.82. The summed E-state index contributed by atoms with van der Waals surface area (Å²) in [5.74, 6) is -0.179. The van der Waals surface area contributed by atoms with E-state index in [2.05, 4.69) is 26.1 Å². The zero-order chi connectivity index (χ0) is 20.9. The smallest absolute Gasteiger partial charge is 0.405 e. The zero-order valence-electron chi connectivity index (χ0n) is 17.5. The van der Waals surface area contributed by atoms with Crippen LogP contribution >= 0.6 is 0 Å². The second kappa shape index (κ2) is 9.24. The zero-order valence-corrected chi connectivity index (χ0v) is 17.5. The van der Waals surface area contributed by atoms with Crippen LogP contribution in [0.4, 0.5) is 4.79 Å². The van der Waals surface area contributed by atoms with Crippen molar-refractivity contribution < 1.29 is 24.2 Å². The van der Waals surface area contributed by atoms with Crippen LogP contribution in [-0.2, 0) is 14.3 Å². The highest BCUT2D eigenvalue weighted by molar-refractivity contribution is 6.06. The Morgan fingerprint density at radius 2 is 1.89 bits per heavy atom. The molecular weight excluding hydrogens is 348 g/mol. The van der Waals surface area contributed by atoms with Gasteiger partial charge < -0.3 is 15.2 Å². The fourth-order valence-electron chi connectivity index (χ4n) is 3.76. The number of nitrogens with one attached hydrogen (secondary N) is 1. The number of nitrogens with zero attached hydrogens (tertiary/aromatic N) is 1. The van der Waals surface area contributed by atoms with Crippen LogP contribution in [0.5, 0.6) is 0 Å².